The van der Waals surface area contributed by atoms with Crippen molar-refractivity contribution >= 4 is 21.9 Å². The number of nitrogens with one attached hydrogen (secondary N) is 3. The number of H-pyrrole nitrogens is 1. The molecule has 8 heteroatoms. The lowest BCUT2D eigenvalue weighted by Crippen LogP contribution is -2.11. The molecule has 0 saturated carbocycles. The Bertz CT molecular complexity index is 725. The Hall–Kier alpha value is -2.09. The van der Waals surface area contributed by atoms with Gasteiger partial charge in [-0.1, -0.05) is 24.3 Å². The molecule has 3 rings (SSSR count). The van der Waals surface area contributed by atoms with Gasteiger partial charge in [0.2, 0.25) is 21.9 Å². The van der Waals surface area contributed by atoms with Gasteiger partial charge in [-0.05, 0) is 24.0 Å². The number of aryl methyl sites for hydroxylation is 1. The fraction of sp³-hybridized carbons (Fsp3) is 0.333. The first-order chi connectivity index (χ1) is 9.51. The molecule has 0 aliphatic heterocycles. The first kappa shape index (κ1) is 12.9. The number of sulfonamides is 1. The number of hydrogen-bond acceptors (Lipinski definition) is 5. The second-order valence-corrected chi connectivity index (χ2v) is 6.56. The first-order valence-corrected chi connectivity index (χ1v) is 8.15. The van der Waals surface area contributed by atoms with Crippen molar-refractivity contribution in [2.75, 3.05) is 16.3 Å². The molecule has 1 atom stereocenters. The first-order valence-electron chi connectivity index (χ1n) is 6.26. The van der Waals surface area contributed by atoms with Gasteiger partial charge in [-0.25, -0.2) is 13.5 Å². The molecular weight excluding hydrogens is 278 g/mol. The number of hydrogen-bond donors (Lipinski definition) is 3. The maximum Gasteiger partial charge on any atom is 0.244 e. The maximum atomic E-state index is 11.1. The minimum atomic E-state index is -3.35. The molecule has 2 aromatic rings. The number of fused-ring (bicyclic) bond motifs is 1. The molecule has 1 aliphatic carbocycles. The summed E-state index contributed by atoms with van der Waals surface area (Å²) in [6.07, 6.45) is 3.06. The molecule has 3 N–H and O–H groups in total. The third-order valence-electron chi connectivity index (χ3n) is 3.20. The van der Waals surface area contributed by atoms with Gasteiger partial charge in [0.25, 0.3) is 0 Å². The molecule has 0 saturated heterocycles. The van der Waals surface area contributed by atoms with E-state index in [0.29, 0.717) is 5.95 Å². The second kappa shape index (κ2) is 4.78. The summed E-state index contributed by atoms with van der Waals surface area (Å²) in [5.74, 6) is 0.499. The van der Waals surface area contributed by atoms with Crippen molar-refractivity contribution in [1.29, 1.82) is 0 Å². The van der Waals surface area contributed by atoms with Crippen LogP contribution in [0.1, 0.15) is 23.6 Å². The Labute approximate surface area is 116 Å². The van der Waals surface area contributed by atoms with E-state index in [0.717, 1.165) is 19.1 Å². The standard InChI is InChI=1S/C12H15N5O2S/c1-20(18,19)17-12-14-11(15-16-12)13-10-7-6-8-4-2-3-5-9(8)10/h2-5,10H,6-7H2,1H3,(H3,13,14,15,16,17). The zero-order chi connectivity index (χ0) is 14.2. The highest BCUT2D eigenvalue weighted by Gasteiger charge is 2.22. The van der Waals surface area contributed by atoms with E-state index in [9.17, 15) is 8.42 Å². The molecule has 20 heavy (non-hydrogen) atoms. The van der Waals surface area contributed by atoms with Crippen molar-refractivity contribution in [2.24, 2.45) is 0 Å². The van der Waals surface area contributed by atoms with Crippen LogP contribution in [-0.4, -0.2) is 29.9 Å². The van der Waals surface area contributed by atoms with Gasteiger partial charge < -0.3 is 5.32 Å². The molecule has 0 amide bonds. The molecule has 1 aromatic carbocycles. The third kappa shape index (κ3) is 2.74. The van der Waals surface area contributed by atoms with E-state index >= 15 is 0 Å². The van der Waals surface area contributed by atoms with E-state index in [1.165, 1.54) is 11.1 Å². The summed E-state index contributed by atoms with van der Waals surface area (Å²) in [4.78, 5) is 4.06. The molecule has 0 spiro atoms. The van der Waals surface area contributed by atoms with Crippen LogP contribution in [0.2, 0.25) is 0 Å². The van der Waals surface area contributed by atoms with Crippen molar-refractivity contribution < 1.29 is 8.42 Å². The third-order valence-corrected chi connectivity index (χ3v) is 3.77. The highest BCUT2D eigenvalue weighted by molar-refractivity contribution is 7.91. The summed E-state index contributed by atoms with van der Waals surface area (Å²) in [5.41, 5.74) is 2.57. The molecular formula is C12H15N5O2S. The van der Waals surface area contributed by atoms with Crippen LogP contribution in [0.3, 0.4) is 0 Å². The van der Waals surface area contributed by atoms with Gasteiger partial charge in [0.15, 0.2) is 0 Å². The number of aromatic nitrogens is 3. The topological polar surface area (TPSA) is 99.8 Å². The average molecular weight is 293 g/mol. The van der Waals surface area contributed by atoms with Crippen LogP contribution in [0.15, 0.2) is 24.3 Å². The zero-order valence-corrected chi connectivity index (χ0v) is 11.7. The van der Waals surface area contributed by atoms with Gasteiger partial charge in [-0.3, -0.25) is 4.72 Å². The van der Waals surface area contributed by atoms with Gasteiger partial charge in [0.05, 0.1) is 12.3 Å². The van der Waals surface area contributed by atoms with Gasteiger partial charge in [0, 0.05) is 0 Å². The van der Waals surface area contributed by atoms with Crippen molar-refractivity contribution in [1.82, 2.24) is 15.2 Å². The van der Waals surface area contributed by atoms with Crippen LogP contribution in [0.4, 0.5) is 11.9 Å². The Balaban J connectivity index is 1.74. The molecule has 106 valence electrons. The summed E-state index contributed by atoms with van der Waals surface area (Å²) in [5, 5.41) is 9.72. The van der Waals surface area contributed by atoms with Crippen LogP contribution in [0, 0.1) is 0 Å². The predicted octanol–water partition coefficient (Wildman–Crippen LogP) is 1.28. The SMILES string of the molecule is CS(=O)(=O)Nc1nc(NC2CCc3ccccc32)n[nH]1. The minimum Gasteiger partial charge on any atom is -0.346 e. The van der Waals surface area contributed by atoms with Gasteiger partial charge in [0.1, 0.15) is 0 Å². The van der Waals surface area contributed by atoms with Gasteiger partial charge in [-0.15, -0.1) is 5.10 Å². The number of nitrogens with zero attached hydrogens (tertiary/aromatic N) is 2. The molecule has 1 aliphatic rings. The monoisotopic (exact) mass is 293 g/mol. The predicted molar refractivity (Wildman–Crippen MR) is 76.0 cm³/mol. The highest BCUT2D eigenvalue weighted by Crippen LogP contribution is 2.32. The maximum absolute atomic E-state index is 11.1. The normalized spacial score (nSPS) is 17.8. The van der Waals surface area contributed by atoms with Crippen molar-refractivity contribution in [2.45, 2.75) is 18.9 Å². The lowest BCUT2D eigenvalue weighted by atomic mass is 10.1. The number of benzene rings is 1. The van der Waals surface area contributed by atoms with E-state index in [-0.39, 0.29) is 12.0 Å². The number of anilines is 2. The fourth-order valence-corrected chi connectivity index (χ4v) is 2.85. The number of aromatic amines is 1. The largest absolute Gasteiger partial charge is 0.346 e. The molecule has 1 heterocycles. The minimum absolute atomic E-state index is 0.112. The Morgan fingerprint density at radius 1 is 1.35 bits per heavy atom. The van der Waals surface area contributed by atoms with Gasteiger partial charge >= 0.3 is 0 Å². The summed E-state index contributed by atoms with van der Waals surface area (Å²) in [6.45, 7) is 0. The highest BCUT2D eigenvalue weighted by atomic mass is 32.2. The van der Waals surface area contributed by atoms with E-state index < -0.39 is 10.0 Å². The summed E-state index contributed by atoms with van der Waals surface area (Å²) in [6, 6.07) is 8.40. The van der Waals surface area contributed by atoms with Crippen LogP contribution in [-0.2, 0) is 16.4 Å². The lowest BCUT2D eigenvalue weighted by Gasteiger charge is -2.11. The molecule has 1 unspecified atom stereocenters. The fourth-order valence-electron chi connectivity index (χ4n) is 2.41. The summed E-state index contributed by atoms with van der Waals surface area (Å²) < 4.78 is 24.4. The van der Waals surface area contributed by atoms with Gasteiger partial charge in [-0.2, -0.15) is 4.98 Å². The zero-order valence-electron chi connectivity index (χ0n) is 10.9. The van der Waals surface area contributed by atoms with Crippen LogP contribution in [0.25, 0.3) is 0 Å². The quantitative estimate of drug-likeness (QED) is 0.788. The Kier molecular flexibility index (Phi) is 3.09. The number of rotatable bonds is 4. The second-order valence-electron chi connectivity index (χ2n) is 4.82. The van der Waals surface area contributed by atoms with Crippen LogP contribution >= 0.6 is 0 Å². The van der Waals surface area contributed by atoms with E-state index in [4.69, 9.17) is 0 Å². The average Bonchev–Trinajstić information content (AvgIpc) is 2.96. The van der Waals surface area contributed by atoms with Crippen molar-refractivity contribution in [3.05, 3.63) is 35.4 Å². The van der Waals surface area contributed by atoms with E-state index in [1.54, 1.807) is 0 Å². The van der Waals surface area contributed by atoms with Crippen LogP contribution in [0.5, 0.6) is 0 Å². The smallest absolute Gasteiger partial charge is 0.244 e. The molecule has 1 aromatic heterocycles. The molecule has 0 fully saturated rings. The van der Waals surface area contributed by atoms with Crippen LogP contribution < -0.4 is 10.0 Å². The molecule has 7 nitrogen and oxygen atoms in total. The Morgan fingerprint density at radius 3 is 2.95 bits per heavy atom. The summed E-state index contributed by atoms with van der Waals surface area (Å²) in [7, 11) is -3.35. The Morgan fingerprint density at radius 2 is 2.15 bits per heavy atom. The van der Waals surface area contributed by atoms with E-state index in [2.05, 4.69) is 37.4 Å². The molecule has 0 bridgehead atoms. The van der Waals surface area contributed by atoms with E-state index in [1.807, 2.05) is 12.1 Å². The van der Waals surface area contributed by atoms with Crippen molar-refractivity contribution in [3.63, 3.8) is 0 Å². The summed E-state index contributed by atoms with van der Waals surface area (Å²) >= 11 is 0. The lowest BCUT2D eigenvalue weighted by molar-refractivity contribution is 0.606. The van der Waals surface area contributed by atoms with Crippen molar-refractivity contribution in [3.8, 4) is 0 Å². The molecule has 0 radical (unpaired) electrons.